The number of aromatic nitrogens is 2. The zero-order valence-corrected chi connectivity index (χ0v) is 11.7. The maximum Gasteiger partial charge on any atom is 0.258 e. The molecule has 0 aliphatic heterocycles. The largest absolute Gasteiger partial charge is 0.310 e. The second kappa shape index (κ2) is 5.92. The van der Waals surface area contributed by atoms with Gasteiger partial charge in [-0.25, -0.2) is 4.98 Å². The number of para-hydroxylation sites is 1. The van der Waals surface area contributed by atoms with Gasteiger partial charge in [-0.1, -0.05) is 30.3 Å². The van der Waals surface area contributed by atoms with Crippen LogP contribution in [0.5, 0.6) is 0 Å². The SMILES string of the molecule is O=c1[nH]c(CCSc2ccccc2)nc2ccccc12. The molecule has 0 saturated heterocycles. The third kappa shape index (κ3) is 2.91. The van der Waals surface area contributed by atoms with E-state index in [2.05, 4.69) is 22.1 Å². The van der Waals surface area contributed by atoms with E-state index < -0.39 is 0 Å². The number of hydrogen-bond acceptors (Lipinski definition) is 3. The summed E-state index contributed by atoms with van der Waals surface area (Å²) >= 11 is 1.76. The summed E-state index contributed by atoms with van der Waals surface area (Å²) < 4.78 is 0. The lowest BCUT2D eigenvalue weighted by Crippen LogP contribution is -2.12. The first-order valence-electron chi connectivity index (χ1n) is 6.49. The molecule has 3 rings (SSSR count). The highest BCUT2D eigenvalue weighted by molar-refractivity contribution is 7.99. The molecule has 0 amide bonds. The molecule has 3 nitrogen and oxygen atoms in total. The summed E-state index contributed by atoms with van der Waals surface area (Å²) in [5.74, 6) is 1.64. The molecule has 0 aliphatic rings. The van der Waals surface area contributed by atoms with E-state index >= 15 is 0 Å². The average Bonchev–Trinajstić information content (AvgIpc) is 2.48. The van der Waals surface area contributed by atoms with Crippen molar-refractivity contribution in [2.24, 2.45) is 0 Å². The van der Waals surface area contributed by atoms with E-state index in [0.29, 0.717) is 5.39 Å². The topological polar surface area (TPSA) is 45.8 Å². The summed E-state index contributed by atoms with van der Waals surface area (Å²) in [4.78, 5) is 20.5. The van der Waals surface area contributed by atoms with Crippen LogP contribution in [0.3, 0.4) is 0 Å². The number of rotatable bonds is 4. The normalized spacial score (nSPS) is 10.8. The molecule has 0 fully saturated rings. The second-order valence-corrected chi connectivity index (χ2v) is 5.61. The lowest BCUT2D eigenvalue weighted by atomic mass is 10.2. The molecule has 0 bridgehead atoms. The molecule has 1 aromatic heterocycles. The lowest BCUT2D eigenvalue weighted by Gasteiger charge is -2.03. The van der Waals surface area contributed by atoms with E-state index in [1.54, 1.807) is 17.8 Å². The number of thioether (sulfide) groups is 1. The monoisotopic (exact) mass is 282 g/mol. The van der Waals surface area contributed by atoms with Crippen molar-refractivity contribution in [3.05, 3.63) is 70.8 Å². The predicted molar refractivity (Wildman–Crippen MR) is 83.2 cm³/mol. The van der Waals surface area contributed by atoms with Crippen LogP contribution < -0.4 is 5.56 Å². The molecule has 1 N–H and O–H groups in total. The number of nitrogens with zero attached hydrogens (tertiary/aromatic N) is 1. The van der Waals surface area contributed by atoms with Crippen molar-refractivity contribution in [1.29, 1.82) is 0 Å². The Labute approximate surface area is 121 Å². The van der Waals surface area contributed by atoms with Gasteiger partial charge in [-0.05, 0) is 24.3 Å². The van der Waals surface area contributed by atoms with Gasteiger partial charge >= 0.3 is 0 Å². The quantitative estimate of drug-likeness (QED) is 0.747. The van der Waals surface area contributed by atoms with Gasteiger partial charge < -0.3 is 4.98 Å². The zero-order valence-electron chi connectivity index (χ0n) is 10.9. The van der Waals surface area contributed by atoms with Crippen molar-refractivity contribution in [2.75, 3.05) is 5.75 Å². The number of aromatic amines is 1. The summed E-state index contributed by atoms with van der Waals surface area (Å²) in [5.41, 5.74) is 0.700. The van der Waals surface area contributed by atoms with Crippen molar-refractivity contribution in [3.8, 4) is 0 Å². The van der Waals surface area contributed by atoms with E-state index in [-0.39, 0.29) is 5.56 Å². The maximum absolute atomic E-state index is 11.9. The summed E-state index contributed by atoms with van der Waals surface area (Å²) in [5, 5.41) is 0.645. The molecule has 0 aliphatic carbocycles. The number of aryl methyl sites for hydroxylation is 1. The minimum absolute atomic E-state index is 0.0599. The zero-order chi connectivity index (χ0) is 13.8. The van der Waals surface area contributed by atoms with Crippen LogP contribution in [0.1, 0.15) is 5.82 Å². The number of benzene rings is 2. The van der Waals surface area contributed by atoms with Gasteiger partial charge in [0.1, 0.15) is 5.82 Å². The van der Waals surface area contributed by atoms with E-state index in [1.807, 2.05) is 36.4 Å². The van der Waals surface area contributed by atoms with Gasteiger partial charge in [0.15, 0.2) is 0 Å². The minimum Gasteiger partial charge on any atom is -0.310 e. The standard InChI is InChI=1S/C16H14N2OS/c19-16-13-8-4-5-9-14(13)17-15(18-16)10-11-20-12-6-2-1-3-7-12/h1-9H,10-11H2,(H,17,18,19). The molecule has 0 saturated carbocycles. The molecule has 0 radical (unpaired) electrons. The van der Waals surface area contributed by atoms with Crippen molar-refractivity contribution < 1.29 is 0 Å². The fourth-order valence-corrected chi connectivity index (χ4v) is 2.92. The Morgan fingerprint density at radius 3 is 2.60 bits per heavy atom. The maximum atomic E-state index is 11.9. The Morgan fingerprint density at radius 2 is 1.75 bits per heavy atom. The third-order valence-corrected chi connectivity index (χ3v) is 4.03. The van der Waals surface area contributed by atoms with Crippen LogP contribution in [-0.4, -0.2) is 15.7 Å². The van der Waals surface area contributed by atoms with E-state index in [4.69, 9.17) is 0 Å². The smallest absolute Gasteiger partial charge is 0.258 e. The fraction of sp³-hybridized carbons (Fsp3) is 0.125. The van der Waals surface area contributed by atoms with Crippen molar-refractivity contribution in [2.45, 2.75) is 11.3 Å². The summed E-state index contributed by atoms with van der Waals surface area (Å²) in [6.45, 7) is 0. The first-order valence-corrected chi connectivity index (χ1v) is 7.47. The molecule has 4 heteroatoms. The van der Waals surface area contributed by atoms with Crippen LogP contribution in [0.15, 0.2) is 64.3 Å². The fourth-order valence-electron chi connectivity index (χ4n) is 2.04. The molecule has 2 aromatic carbocycles. The van der Waals surface area contributed by atoms with Crippen LogP contribution in [-0.2, 0) is 6.42 Å². The number of H-pyrrole nitrogens is 1. The van der Waals surface area contributed by atoms with Crippen LogP contribution in [0.2, 0.25) is 0 Å². The van der Waals surface area contributed by atoms with E-state index in [9.17, 15) is 4.79 Å². The van der Waals surface area contributed by atoms with Crippen LogP contribution >= 0.6 is 11.8 Å². The molecule has 1 heterocycles. The molecule has 0 unspecified atom stereocenters. The highest BCUT2D eigenvalue weighted by Gasteiger charge is 2.03. The molecular weight excluding hydrogens is 268 g/mol. The Hall–Kier alpha value is -2.07. The van der Waals surface area contributed by atoms with E-state index in [0.717, 1.165) is 23.5 Å². The van der Waals surface area contributed by atoms with Crippen molar-refractivity contribution in [1.82, 2.24) is 9.97 Å². The molecule has 0 spiro atoms. The number of fused-ring (bicyclic) bond motifs is 1. The third-order valence-electron chi connectivity index (χ3n) is 3.01. The molecular formula is C16H14N2OS. The van der Waals surface area contributed by atoms with Crippen LogP contribution in [0.25, 0.3) is 10.9 Å². The minimum atomic E-state index is -0.0599. The summed E-state index contributed by atoms with van der Waals surface area (Å²) in [6, 6.07) is 17.6. The summed E-state index contributed by atoms with van der Waals surface area (Å²) in [6.07, 6.45) is 0.750. The first kappa shape index (κ1) is 12.9. The second-order valence-electron chi connectivity index (χ2n) is 4.44. The average molecular weight is 282 g/mol. The molecule has 100 valence electrons. The van der Waals surface area contributed by atoms with Gasteiger partial charge in [0, 0.05) is 17.1 Å². The molecule has 20 heavy (non-hydrogen) atoms. The number of hydrogen-bond donors (Lipinski definition) is 1. The first-order chi connectivity index (χ1) is 9.83. The van der Waals surface area contributed by atoms with Crippen molar-refractivity contribution in [3.63, 3.8) is 0 Å². The van der Waals surface area contributed by atoms with Gasteiger partial charge in [0.2, 0.25) is 0 Å². The van der Waals surface area contributed by atoms with Gasteiger partial charge in [-0.3, -0.25) is 4.79 Å². The van der Waals surface area contributed by atoms with Gasteiger partial charge in [0.05, 0.1) is 10.9 Å². The van der Waals surface area contributed by atoms with E-state index in [1.165, 1.54) is 4.90 Å². The predicted octanol–water partition coefficient (Wildman–Crippen LogP) is 3.26. The van der Waals surface area contributed by atoms with Gasteiger partial charge in [0.25, 0.3) is 5.56 Å². The van der Waals surface area contributed by atoms with Crippen LogP contribution in [0.4, 0.5) is 0 Å². The van der Waals surface area contributed by atoms with Crippen LogP contribution in [0, 0.1) is 0 Å². The Balaban J connectivity index is 1.73. The van der Waals surface area contributed by atoms with Gasteiger partial charge in [-0.15, -0.1) is 11.8 Å². The Morgan fingerprint density at radius 1 is 1.00 bits per heavy atom. The highest BCUT2D eigenvalue weighted by atomic mass is 32.2. The molecule has 3 aromatic rings. The molecule has 0 atom stereocenters. The number of nitrogens with one attached hydrogen (secondary N) is 1. The highest BCUT2D eigenvalue weighted by Crippen LogP contribution is 2.17. The lowest BCUT2D eigenvalue weighted by molar-refractivity contribution is 0.952. The van der Waals surface area contributed by atoms with Crippen molar-refractivity contribution >= 4 is 22.7 Å². The summed E-state index contributed by atoms with van der Waals surface area (Å²) in [7, 11) is 0. The Kier molecular flexibility index (Phi) is 3.83. The van der Waals surface area contributed by atoms with Gasteiger partial charge in [-0.2, -0.15) is 0 Å². The Bertz CT molecular complexity index is 768.